The number of methoxy groups -OCH3 is 1. The van der Waals surface area contributed by atoms with Gasteiger partial charge in [0.15, 0.2) is 0 Å². The molecule has 3 atom stereocenters. The number of amides is 1. The fourth-order valence-corrected chi connectivity index (χ4v) is 4.63. The number of rotatable bonds is 5. The molecule has 0 spiro atoms. The summed E-state index contributed by atoms with van der Waals surface area (Å²) in [5, 5.41) is 19.8. The van der Waals surface area contributed by atoms with Gasteiger partial charge in [0.2, 0.25) is 5.91 Å². The molecule has 6 nitrogen and oxygen atoms in total. The molecule has 0 bridgehead atoms. The second-order valence-corrected chi connectivity index (χ2v) is 7.80. The summed E-state index contributed by atoms with van der Waals surface area (Å²) in [5.41, 5.74) is 2.96. The summed E-state index contributed by atoms with van der Waals surface area (Å²) in [7, 11) is 1.65. The van der Waals surface area contributed by atoms with Crippen molar-refractivity contribution in [3.05, 3.63) is 54.1 Å². The Labute approximate surface area is 176 Å². The number of hydrogen-bond acceptors (Lipinski definition) is 5. The maximum Gasteiger partial charge on any atom is 0.227 e. The molecular weight excluding hydrogens is 380 g/mol. The Morgan fingerprint density at radius 3 is 2.53 bits per heavy atom. The largest absolute Gasteiger partial charge is 0.496 e. The van der Waals surface area contributed by atoms with E-state index in [9.17, 15) is 15.2 Å². The van der Waals surface area contributed by atoms with Gasteiger partial charge in [-0.3, -0.25) is 4.79 Å². The van der Waals surface area contributed by atoms with E-state index in [4.69, 9.17) is 9.47 Å². The molecule has 6 heteroatoms. The van der Waals surface area contributed by atoms with Crippen LogP contribution >= 0.6 is 0 Å². The minimum absolute atomic E-state index is 0.0363. The summed E-state index contributed by atoms with van der Waals surface area (Å²) in [6, 6.07) is 17.1. The van der Waals surface area contributed by atoms with Crippen LogP contribution in [0.2, 0.25) is 0 Å². The molecule has 2 aliphatic heterocycles. The molecule has 0 saturated carbocycles. The van der Waals surface area contributed by atoms with Crippen molar-refractivity contribution in [3.63, 3.8) is 0 Å². The first-order valence-electron chi connectivity index (χ1n) is 10.3. The van der Waals surface area contributed by atoms with Gasteiger partial charge in [-0.2, -0.15) is 5.26 Å². The molecule has 156 valence electrons. The maximum atomic E-state index is 13.0. The van der Waals surface area contributed by atoms with Crippen molar-refractivity contribution >= 4 is 5.91 Å². The number of benzene rings is 2. The number of carbonyl (C=O) groups excluding carboxylic acids is 1. The van der Waals surface area contributed by atoms with Gasteiger partial charge >= 0.3 is 0 Å². The molecule has 2 aromatic rings. The first-order chi connectivity index (χ1) is 14.7. The van der Waals surface area contributed by atoms with E-state index in [1.165, 1.54) is 0 Å². The predicted octanol–water partition coefficient (Wildman–Crippen LogP) is 2.97. The van der Waals surface area contributed by atoms with Crippen LogP contribution in [0.25, 0.3) is 11.1 Å². The minimum atomic E-state index is -0.561. The fourth-order valence-electron chi connectivity index (χ4n) is 4.63. The van der Waals surface area contributed by atoms with Crippen LogP contribution in [0.1, 0.15) is 24.3 Å². The number of carbonyl (C=O) groups is 1. The summed E-state index contributed by atoms with van der Waals surface area (Å²) in [6.07, 6.45) is 1.34. The molecule has 2 aromatic carbocycles. The van der Waals surface area contributed by atoms with Gasteiger partial charge in [0, 0.05) is 30.6 Å². The Bertz CT molecular complexity index is 931. The standard InChI is InChI=1S/C24H26N2O4/c1-29-22-5-3-2-4-19(22)16-6-8-17(9-7-16)23-20(14-25)26(21(23)15-27)24(28)18-10-12-30-13-11-18/h2-9,18,20-21,23,27H,10-13,15H2,1H3/t20-,21+,23+/m1/s1. The van der Waals surface area contributed by atoms with E-state index in [1.807, 2.05) is 48.5 Å². The average molecular weight is 406 g/mol. The number of nitriles is 1. The highest BCUT2D eigenvalue weighted by atomic mass is 16.5. The molecule has 0 aromatic heterocycles. The second kappa shape index (κ2) is 8.86. The van der Waals surface area contributed by atoms with Crippen molar-refractivity contribution < 1.29 is 19.4 Å². The lowest BCUT2D eigenvalue weighted by molar-refractivity contribution is -0.154. The number of ether oxygens (including phenoxy) is 2. The molecule has 1 amide bonds. The molecule has 0 aliphatic carbocycles. The highest BCUT2D eigenvalue weighted by Gasteiger charge is 2.52. The fraction of sp³-hybridized carbons (Fsp3) is 0.417. The summed E-state index contributed by atoms with van der Waals surface area (Å²) >= 11 is 0. The normalized spacial score (nSPS) is 24.0. The zero-order valence-corrected chi connectivity index (χ0v) is 17.0. The summed E-state index contributed by atoms with van der Waals surface area (Å²) in [6.45, 7) is 0.976. The lowest BCUT2D eigenvalue weighted by atomic mass is 9.74. The third kappa shape index (κ3) is 3.55. The molecular formula is C24H26N2O4. The Morgan fingerprint density at radius 1 is 1.20 bits per heavy atom. The SMILES string of the molecule is COc1ccccc1-c1ccc([C@H]2[C@@H](C#N)N(C(=O)C3CCOCC3)[C@H]2CO)cc1. The molecule has 1 N–H and O–H groups in total. The lowest BCUT2D eigenvalue weighted by Gasteiger charge is -2.52. The number of aliphatic hydroxyl groups is 1. The van der Waals surface area contributed by atoms with Gasteiger partial charge in [-0.15, -0.1) is 0 Å². The van der Waals surface area contributed by atoms with Crippen LogP contribution in [0.4, 0.5) is 0 Å². The van der Waals surface area contributed by atoms with E-state index in [0.717, 1.165) is 22.4 Å². The van der Waals surface area contributed by atoms with Crippen LogP contribution in [-0.4, -0.2) is 54.9 Å². The average Bonchev–Trinajstić information content (AvgIpc) is 2.80. The van der Waals surface area contributed by atoms with Gasteiger partial charge in [0.05, 0.1) is 25.8 Å². The van der Waals surface area contributed by atoms with Crippen LogP contribution in [0.3, 0.4) is 0 Å². The Kier molecular flexibility index (Phi) is 6.03. The monoisotopic (exact) mass is 406 g/mol. The molecule has 2 saturated heterocycles. The molecule has 0 unspecified atom stereocenters. The van der Waals surface area contributed by atoms with E-state index in [-0.39, 0.29) is 30.4 Å². The summed E-state index contributed by atoms with van der Waals surface area (Å²) in [5.74, 6) is 0.434. The molecule has 2 heterocycles. The van der Waals surface area contributed by atoms with E-state index in [2.05, 4.69) is 6.07 Å². The van der Waals surface area contributed by atoms with Gasteiger partial charge in [-0.05, 0) is 30.0 Å². The minimum Gasteiger partial charge on any atom is -0.496 e. The Balaban J connectivity index is 1.56. The van der Waals surface area contributed by atoms with Crippen molar-refractivity contribution in [1.82, 2.24) is 4.90 Å². The third-order valence-electron chi connectivity index (χ3n) is 6.27. The molecule has 2 aliphatic rings. The smallest absolute Gasteiger partial charge is 0.227 e. The number of hydrogen-bond donors (Lipinski definition) is 1. The first kappa shape index (κ1) is 20.4. The number of likely N-dealkylation sites (tertiary alicyclic amines) is 1. The highest BCUT2D eigenvalue weighted by Crippen LogP contribution is 2.42. The topological polar surface area (TPSA) is 82.8 Å². The Morgan fingerprint density at radius 2 is 1.90 bits per heavy atom. The molecule has 2 fully saturated rings. The summed E-state index contributed by atoms with van der Waals surface area (Å²) < 4.78 is 10.8. The van der Waals surface area contributed by atoms with Crippen LogP contribution in [-0.2, 0) is 9.53 Å². The zero-order chi connectivity index (χ0) is 21.1. The second-order valence-electron chi connectivity index (χ2n) is 7.80. The highest BCUT2D eigenvalue weighted by molar-refractivity contribution is 5.82. The first-order valence-corrected chi connectivity index (χ1v) is 10.3. The van der Waals surface area contributed by atoms with Crippen LogP contribution in [0.15, 0.2) is 48.5 Å². The van der Waals surface area contributed by atoms with Crippen LogP contribution in [0, 0.1) is 17.2 Å². The molecule has 0 radical (unpaired) electrons. The summed E-state index contributed by atoms with van der Waals surface area (Å²) in [4.78, 5) is 14.6. The van der Waals surface area contributed by atoms with Crippen molar-refractivity contribution in [2.45, 2.75) is 30.8 Å². The van der Waals surface area contributed by atoms with Gasteiger partial charge in [-0.25, -0.2) is 0 Å². The van der Waals surface area contributed by atoms with E-state index < -0.39 is 6.04 Å². The van der Waals surface area contributed by atoms with E-state index in [1.54, 1.807) is 12.0 Å². The number of aliphatic hydroxyl groups excluding tert-OH is 1. The van der Waals surface area contributed by atoms with Gasteiger partial charge < -0.3 is 19.5 Å². The van der Waals surface area contributed by atoms with Gasteiger partial charge in [-0.1, -0.05) is 42.5 Å². The van der Waals surface area contributed by atoms with Crippen molar-refractivity contribution in [2.75, 3.05) is 26.9 Å². The van der Waals surface area contributed by atoms with Crippen molar-refractivity contribution in [3.8, 4) is 22.9 Å². The molecule has 4 rings (SSSR count). The Hall–Kier alpha value is -2.88. The van der Waals surface area contributed by atoms with Crippen molar-refractivity contribution in [2.24, 2.45) is 5.92 Å². The van der Waals surface area contributed by atoms with Gasteiger partial charge in [0.25, 0.3) is 0 Å². The maximum absolute atomic E-state index is 13.0. The molecule has 30 heavy (non-hydrogen) atoms. The van der Waals surface area contributed by atoms with E-state index >= 15 is 0 Å². The van der Waals surface area contributed by atoms with E-state index in [0.29, 0.717) is 26.1 Å². The number of nitrogens with zero attached hydrogens (tertiary/aromatic N) is 2. The van der Waals surface area contributed by atoms with Crippen molar-refractivity contribution in [1.29, 1.82) is 5.26 Å². The third-order valence-corrected chi connectivity index (χ3v) is 6.27. The van der Waals surface area contributed by atoms with Gasteiger partial charge in [0.1, 0.15) is 11.8 Å². The van der Waals surface area contributed by atoms with Crippen LogP contribution in [0.5, 0.6) is 5.75 Å². The number of para-hydroxylation sites is 1. The lowest BCUT2D eigenvalue weighted by Crippen LogP contribution is -2.66. The predicted molar refractivity (Wildman–Crippen MR) is 112 cm³/mol. The quantitative estimate of drug-likeness (QED) is 0.825. The zero-order valence-electron chi connectivity index (χ0n) is 17.0. The van der Waals surface area contributed by atoms with Crippen LogP contribution < -0.4 is 4.74 Å².